The summed E-state index contributed by atoms with van der Waals surface area (Å²) < 4.78 is 5.03. The number of hydrogen-bond donors (Lipinski definition) is 2. The molecule has 1 unspecified atom stereocenters. The summed E-state index contributed by atoms with van der Waals surface area (Å²) in [6.07, 6.45) is 1.09. The van der Waals surface area contributed by atoms with E-state index in [-0.39, 0.29) is 6.54 Å². The third kappa shape index (κ3) is 3.97. The molecule has 0 aliphatic heterocycles. The number of aromatic nitrogens is 2. The zero-order valence-electron chi connectivity index (χ0n) is 9.53. The van der Waals surface area contributed by atoms with Gasteiger partial charge in [-0.05, 0) is 12.8 Å². The van der Waals surface area contributed by atoms with Gasteiger partial charge in [0.1, 0.15) is 0 Å². The molecule has 86 valence electrons. The van der Waals surface area contributed by atoms with Crippen molar-refractivity contribution in [2.45, 2.75) is 39.2 Å². The smallest absolute Gasteiger partial charge is 0.229 e. The van der Waals surface area contributed by atoms with Crippen molar-refractivity contribution < 1.29 is 9.63 Å². The van der Waals surface area contributed by atoms with E-state index < -0.39 is 5.60 Å². The van der Waals surface area contributed by atoms with Gasteiger partial charge in [-0.2, -0.15) is 4.98 Å². The van der Waals surface area contributed by atoms with E-state index in [9.17, 15) is 5.11 Å². The molecule has 1 heterocycles. The van der Waals surface area contributed by atoms with Crippen LogP contribution >= 0.6 is 0 Å². The molecular formula is C10H19N3O2. The van der Waals surface area contributed by atoms with Gasteiger partial charge in [0.05, 0.1) is 12.0 Å². The van der Waals surface area contributed by atoms with Gasteiger partial charge in [-0.1, -0.05) is 19.0 Å². The fourth-order valence-electron chi connectivity index (χ4n) is 1.21. The summed E-state index contributed by atoms with van der Waals surface area (Å²) in [5.41, 5.74) is 4.43. The Labute approximate surface area is 89.7 Å². The highest BCUT2D eigenvalue weighted by Gasteiger charge is 2.22. The standard InChI is InChI=1S/C10H19N3O2/c1-7(2)4-8-12-9(15-13-8)5-10(3,14)6-11/h7,14H,4-6,11H2,1-3H3. The Morgan fingerprint density at radius 2 is 2.20 bits per heavy atom. The predicted molar refractivity (Wildman–Crippen MR) is 56.2 cm³/mol. The molecule has 5 nitrogen and oxygen atoms in total. The topological polar surface area (TPSA) is 85.2 Å². The molecule has 0 saturated carbocycles. The van der Waals surface area contributed by atoms with Crippen LogP contribution < -0.4 is 5.73 Å². The van der Waals surface area contributed by atoms with Crippen LogP contribution in [0.1, 0.15) is 32.5 Å². The van der Waals surface area contributed by atoms with Crippen LogP contribution in [0.3, 0.4) is 0 Å². The lowest BCUT2D eigenvalue weighted by atomic mass is 10.0. The molecule has 0 aliphatic carbocycles. The summed E-state index contributed by atoms with van der Waals surface area (Å²) in [7, 11) is 0. The Bertz CT molecular complexity index is 307. The van der Waals surface area contributed by atoms with E-state index >= 15 is 0 Å². The van der Waals surface area contributed by atoms with Gasteiger partial charge in [0.15, 0.2) is 5.82 Å². The lowest BCUT2D eigenvalue weighted by Crippen LogP contribution is -2.36. The van der Waals surface area contributed by atoms with Gasteiger partial charge in [0.25, 0.3) is 0 Å². The second-order valence-corrected chi connectivity index (χ2v) is 4.58. The summed E-state index contributed by atoms with van der Waals surface area (Å²) >= 11 is 0. The third-order valence-corrected chi connectivity index (χ3v) is 2.07. The first-order valence-corrected chi connectivity index (χ1v) is 5.17. The van der Waals surface area contributed by atoms with Crippen molar-refractivity contribution in [3.8, 4) is 0 Å². The minimum Gasteiger partial charge on any atom is -0.388 e. The maximum Gasteiger partial charge on any atom is 0.229 e. The Hall–Kier alpha value is -0.940. The van der Waals surface area contributed by atoms with Crippen LogP contribution in [0, 0.1) is 5.92 Å². The van der Waals surface area contributed by atoms with Gasteiger partial charge in [-0.3, -0.25) is 0 Å². The molecule has 5 heteroatoms. The summed E-state index contributed by atoms with van der Waals surface area (Å²) in [6.45, 7) is 6.01. The van der Waals surface area contributed by atoms with Crippen molar-refractivity contribution in [3.63, 3.8) is 0 Å². The van der Waals surface area contributed by atoms with E-state index in [2.05, 4.69) is 24.0 Å². The minimum atomic E-state index is -0.971. The number of nitrogens with two attached hydrogens (primary N) is 1. The Balaban J connectivity index is 2.60. The second kappa shape index (κ2) is 4.72. The van der Waals surface area contributed by atoms with Crippen molar-refractivity contribution in [3.05, 3.63) is 11.7 Å². The van der Waals surface area contributed by atoms with Crippen molar-refractivity contribution >= 4 is 0 Å². The van der Waals surface area contributed by atoms with Crippen LogP contribution in [0.15, 0.2) is 4.52 Å². The van der Waals surface area contributed by atoms with Crippen LogP contribution in [-0.4, -0.2) is 27.4 Å². The lowest BCUT2D eigenvalue weighted by Gasteiger charge is -2.17. The number of hydrogen-bond acceptors (Lipinski definition) is 5. The first kappa shape index (κ1) is 12.1. The molecule has 1 atom stereocenters. The zero-order valence-corrected chi connectivity index (χ0v) is 9.53. The third-order valence-electron chi connectivity index (χ3n) is 2.07. The fourth-order valence-corrected chi connectivity index (χ4v) is 1.21. The Morgan fingerprint density at radius 1 is 1.53 bits per heavy atom. The lowest BCUT2D eigenvalue weighted by molar-refractivity contribution is 0.0610. The van der Waals surface area contributed by atoms with Crippen LogP contribution in [0.5, 0.6) is 0 Å². The molecular weight excluding hydrogens is 194 g/mol. The number of nitrogens with zero attached hydrogens (tertiary/aromatic N) is 2. The maximum absolute atomic E-state index is 9.72. The van der Waals surface area contributed by atoms with E-state index in [4.69, 9.17) is 10.3 Å². The highest BCUT2D eigenvalue weighted by molar-refractivity contribution is 4.92. The fraction of sp³-hybridized carbons (Fsp3) is 0.800. The van der Waals surface area contributed by atoms with Crippen LogP contribution in [0.4, 0.5) is 0 Å². The molecule has 1 aromatic heterocycles. The Kier molecular flexibility index (Phi) is 3.82. The normalized spacial score (nSPS) is 15.6. The summed E-state index contributed by atoms with van der Waals surface area (Å²) in [5.74, 6) is 1.62. The molecule has 0 aliphatic rings. The molecule has 0 spiro atoms. The molecule has 0 fully saturated rings. The van der Waals surface area contributed by atoms with Gasteiger partial charge in [-0.15, -0.1) is 0 Å². The average molecular weight is 213 g/mol. The monoisotopic (exact) mass is 213 g/mol. The van der Waals surface area contributed by atoms with Crippen molar-refractivity contribution in [1.29, 1.82) is 0 Å². The molecule has 0 bridgehead atoms. The predicted octanol–water partition coefficient (Wildman–Crippen LogP) is 0.520. The first-order valence-electron chi connectivity index (χ1n) is 5.17. The van der Waals surface area contributed by atoms with Gasteiger partial charge in [0.2, 0.25) is 5.89 Å². The molecule has 0 aromatic carbocycles. The van der Waals surface area contributed by atoms with Gasteiger partial charge in [-0.25, -0.2) is 0 Å². The maximum atomic E-state index is 9.72. The van der Waals surface area contributed by atoms with Gasteiger partial charge in [0, 0.05) is 13.0 Å². The van der Waals surface area contributed by atoms with E-state index in [0.29, 0.717) is 24.1 Å². The quantitative estimate of drug-likeness (QED) is 0.744. The molecule has 1 rings (SSSR count). The average Bonchev–Trinajstić information content (AvgIpc) is 2.50. The van der Waals surface area contributed by atoms with E-state index in [1.165, 1.54) is 0 Å². The molecule has 0 amide bonds. The summed E-state index contributed by atoms with van der Waals surface area (Å²) in [4.78, 5) is 4.19. The molecule has 15 heavy (non-hydrogen) atoms. The highest BCUT2D eigenvalue weighted by atomic mass is 16.5. The molecule has 0 radical (unpaired) electrons. The van der Waals surface area contributed by atoms with Crippen LogP contribution in [0.2, 0.25) is 0 Å². The summed E-state index contributed by atoms with van der Waals surface area (Å²) in [5, 5.41) is 13.6. The van der Waals surface area contributed by atoms with Gasteiger partial charge < -0.3 is 15.4 Å². The number of rotatable bonds is 5. The molecule has 0 saturated heterocycles. The van der Waals surface area contributed by atoms with Crippen LogP contribution in [0.25, 0.3) is 0 Å². The van der Waals surface area contributed by atoms with Crippen molar-refractivity contribution in [1.82, 2.24) is 10.1 Å². The largest absolute Gasteiger partial charge is 0.388 e. The van der Waals surface area contributed by atoms with E-state index in [0.717, 1.165) is 6.42 Å². The van der Waals surface area contributed by atoms with Crippen molar-refractivity contribution in [2.75, 3.05) is 6.54 Å². The van der Waals surface area contributed by atoms with Crippen molar-refractivity contribution in [2.24, 2.45) is 11.7 Å². The number of aliphatic hydroxyl groups is 1. The molecule has 3 N–H and O–H groups in total. The second-order valence-electron chi connectivity index (χ2n) is 4.58. The SMILES string of the molecule is CC(C)Cc1noc(CC(C)(O)CN)n1. The summed E-state index contributed by atoms with van der Waals surface area (Å²) in [6, 6.07) is 0. The Morgan fingerprint density at radius 3 is 2.73 bits per heavy atom. The molecule has 1 aromatic rings. The minimum absolute atomic E-state index is 0.175. The van der Waals surface area contributed by atoms with Crippen LogP contribution in [-0.2, 0) is 12.8 Å². The highest BCUT2D eigenvalue weighted by Crippen LogP contribution is 2.11. The zero-order chi connectivity index (χ0) is 11.5. The van der Waals surface area contributed by atoms with E-state index in [1.807, 2.05) is 0 Å². The first-order chi connectivity index (χ1) is 6.93. The van der Waals surface area contributed by atoms with E-state index in [1.54, 1.807) is 6.92 Å². The van der Waals surface area contributed by atoms with Gasteiger partial charge >= 0.3 is 0 Å².